The SMILES string of the molecule is O=C(O)C1CCCCCN1C(=O)NC1CCNCC1. The summed E-state index contributed by atoms with van der Waals surface area (Å²) >= 11 is 0. The number of amides is 2. The van der Waals surface area contributed by atoms with Gasteiger partial charge in [0.15, 0.2) is 0 Å². The van der Waals surface area contributed by atoms with E-state index in [1.54, 1.807) is 0 Å². The van der Waals surface area contributed by atoms with Gasteiger partial charge >= 0.3 is 12.0 Å². The summed E-state index contributed by atoms with van der Waals surface area (Å²) in [6, 6.07) is -0.697. The number of aliphatic carboxylic acids is 1. The molecule has 2 aliphatic rings. The normalized spacial score (nSPS) is 25.7. The van der Waals surface area contributed by atoms with Gasteiger partial charge in [-0.3, -0.25) is 0 Å². The molecule has 2 amide bonds. The summed E-state index contributed by atoms with van der Waals surface area (Å²) in [5, 5.41) is 15.5. The largest absolute Gasteiger partial charge is 0.480 e. The Morgan fingerprint density at radius 1 is 1.11 bits per heavy atom. The van der Waals surface area contributed by atoms with Crippen molar-refractivity contribution in [3.05, 3.63) is 0 Å². The number of rotatable bonds is 2. The van der Waals surface area contributed by atoms with Crippen LogP contribution in [-0.4, -0.2) is 53.7 Å². The Labute approximate surface area is 113 Å². The molecule has 0 aromatic carbocycles. The number of likely N-dealkylation sites (tertiary alicyclic amines) is 1. The zero-order valence-electron chi connectivity index (χ0n) is 11.2. The Bertz CT molecular complexity index is 329. The maximum atomic E-state index is 12.3. The number of nitrogens with one attached hydrogen (secondary N) is 2. The van der Waals surface area contributed by atoms with Crippen molar-refractivity contribution in [2.24, 2.45) is 0 Å². The second-order valence-electron chi connectivity index (χ2n) is 5.37. The third-order valence-corrected chi connectivity index (χ3v) is 3.97. The fourth-order valence-electron chi connectivity index (χ4n) is 2.83. The predicted octanol–water partition coefficient (Wildman–Crippen LogP) is 0.777. The molecule has 0 spiro atoms. The van der Waals surface area contributed by atoms with Crippen LogP contribution >= 0.6 is 0 Å². The molecular weight excluding hydrogens is 246 g/mol. The Morgan fingerprint density at radius 3 is 2.53 bits per heavy atom. The molecule has 0 aromatic heterocycles. The predicted molar refractivity (Wildman–Crippen MR) is 71.0 cm³/mol. The van der Waals surface area contributed by atoms with E-state index in [0.717, 1.165) is 45.2 Å². The lowest BCUT2D eigenvalue weighted by atomic mass is 10.1. The Hall–Kier alpha value is -1.30. The van der Waals surface area contributed by atoms with Crippen LogP contribution in [0.1, 0.15) is 38.5 Å². The summed E-state index contributed by atoms with van der Waals surface area (Å²) in [4.78, 5) is 25.1. The molecule has 2 saturated heterocycles. The molecule has 0 aliphatic carbocycles. The van der Waals surface area contributed by atoms with Crippen LogP contribution in [0.25, 0.3) is 0 Å². The molecule has 3 N–H and O–H groups in total. The van der Waals surface area contributed by atoms with E-state index in [9.17, 15) is 14.7 Å². The highest BCUT2D eigenvalue weighted by Gasteiger charge is 2.31. The van der Waals surface area contributed by atoms with Gasteiger partial charge in [-0.15, -0.1) is 0 Å². The van der Waals surface area contributed by atoms with Gasteiger partial charge in [-0.1, -0.05) is 12.8 Å². The van der Waals surface area contributed by atoms with Crippen LogP contribution in [0.15, 0.2) is 0 Å². The van der Waals surface area contributed by atoms with Gasteiger partial charge in [0.2, 0.25) is 0 Å². The smallest absolute Gasteiger partial charge is 0.326 e. The van der Waals surface area contributed by atoms with E-state index in [1.807, 2.05) is 0 Å². The van der Waals surface area contributed by atoms with Crippen molar-refractivity contribution >= 4 is 12.0 Å². The van der Waals surface area contributed by atoms with Crippen LogP contribution < -0.4 is 10.6 Å². The molecule has 2 aliphatic heterocycles. The lowest BCUT2D eigenvalue weighted by Gasteiger charge is -2.31. The first-order valence-electron chi connectivity index (χ1n) is 7.19. The van der Waals surface area contributed by atoms with E-state index in [4.69, 9.17) is 0 Å². The van der Waals surface area contributed by atoms with Gasteiger partial charge in [0.25, 0.3) is 0 Å². The second kappa shape index (κ2) is 6.75. The monoisotopic (exact) mass is 269 g/mol. The van der Waals surface area contributed by atoms with Gasteiger partial charge in [-0.05, 0) is 38.8 Å². The highest BCUT2D eigenvalue weighted by atomic mass is 16.4. The van der Waals surface area contributed by atoms with Crippen molar-refractivity contribution in [2.75, 3.05) is 19.6 Å². The Kier molecular flexibility index (Phi) is 5.01. The quantitative estimate of drug-likeness (QED) is 0.692. The summed E-state index contributed by atoms with van der Waals surface area (Å²) in [6.45, 7) is 2.37. The molecule has 1 unspecified atom stereocenters. The van der Waals surface area contributed by atoms with Gasteiger partial charge in [0.05, 0.1) is 0 Å². The van der Waals surface area contributed by atoms with E-state index < -0.39 is 12.0 Å². The van der Waals surface area contributed by atoms with Gasteiger partial charge in [0.1, 0.15) is 6.04 Å². The fraction of sp³-hybridized carbons (Fsp3) is 0.846. The summed E-state index contributed by atoms with van der Waals surface area (Å²) in [5.41, 5.74) is 0. The molecule has 0 bridgehead atoms. The molecule has 0 radical (unpaired) electrons. The minimum atomic E-state index is -0.887. The molecule has 2 fully saturated rings. The number of urea groups is 1. The third-order valence-electron chi connectivity index (χ3n) is 3.97. The summed E-state index contributed by atoms with van der Waals surface area (Å²) in [5.74, 6) is -0.887. The third kappa shape index (κ3) is 3.83. The maximum Gasteiger partial charge on any atom is 0.326 e. The summed E-state index contributed by atoms with van der Waals surface area (Å²) in [7, 11) is 0. The van der Waals surface area contributed by atoms with Crippen LogP contribution in [0.2, 0.25) is 0 Å². The van der Waals surface area contributed by atoms with E-state index in [-0.39, 0.29) is 12.1 Å². The van der Waals surface area contributed by atoms with Crippen molar-refractivity contribution in [3.63, 3.8) is 0 Å². The minimum absolute atomic E-state index is 0.173. The Morgan fingerprint density at radius 2 is 1.84 bits per heavy atom. The molecule has 6 nitrogen and oxygen atoms in total. The van der Waals surface area contributed by atoms with Crippen LogP contribution in [-0.2, 0) is 4.79 Å². The van der Waals surface area contributed by atoms with Gasteiger partial charge in [0, 0.05) is 12.6 Å². The molecule has 0 saturated carbocycles. The molecular formula is C13H23N3O3. The lowest BCUT2D eigenvalue weighted by Crippen LogP contribution is -2.53. The van der Waals surface area contributed by atoms with E-state index in [1.165, 1.54) is 4.90 Å². The Balaban J connectivity index is 1.95. The van der Waals surface area contributed by atoms with Gasteiger partial charge < -0.3 is 20.6 Å². The number of nitrogens with zero attached hydrogens (tertiary/aromatic N) is 1. The fourth-order valence-corrected chi connectivity index (χ4v) is 2.83. The van der Waals surface area contributed by atoms with E-state index >= 15 is 0 Å². The molecule has 2 heterocycles. The lowest BCUT2D eigenvalue weighted by molar-refractivity contribution is -0.142. The zero-order chi connectivity index (χ0) is 13.7. The second-order valence-corrected chi connectivity index (χ2v) is 5.37. The first-order chi connectivity index (χ1) is 9.18. The molecule has 19 heavy (non-hydrogen) atoms. The van der Waals surface area contributed by atoms with Gasteiger partial charge in [-0.25, -0.2) is 9.59 Å². The van der Waals surface area contributed by atoms with E-state index in [0.29, 0.717) is 13.0 Å². The van der Waals surface area contributed by atoms with Crippen molar-refractivity contribution in [1.29, 1.82) is 0 Å². The number of piperidine rings is 1. The van der Waals surface area contributed by atoms with Crippen LogP contribution in [0.4, 0.5) is 4.79 Å². The average molecular weight is 269 g/mol. The average Bonchev–Trinajstić information content (AvgIpc) is 2.65. The van der Waals surface area contributed by atoms with Crippen molar-refractivity contribution in [2.45, 2.75) is 50.6 Å². The number of carbonyl (C=O) groups is 2. The van der Waals surface area contributed by atoms with Crippen molar-refractivity contribution < 1.29 is 14.7 Å². The standard InChI is InChI=1S/C13H23N3O3/c17-12(18)11-4-2-1-3-9-16(11)13(19)15-10-5-7-14-8-6-10/h10-11,14H,1-9H2,(H,15,19)(H,17,18). The highest BCUT2D eigenvalue weighted by molar-refractivity contribution is 5.82. The minimum Gasteiger partial charge on any atom is -0.480 e. The topological polar surface area (TPSA) is 81.7 Å². The van der Waals surface area contributed by atoms with E-state index in [2.05, 4.69) is 10.6 Å². The van der Waals surface area contributed by atoms with Crippen molar-refractivity contribution in [1.82, 2.24) is 15.5 Å². The molecule has 1 atom stereocenters. The first kappa shape index (κ1) is 14.1. The first-order valence-corrected chi connectivity index (χ1v) is 7.19. The number of carboxylic acids is 1. The molecule has 108 valence electrons. The highest BCUT2D eigenvalue weighted by Crippen LogP contribution is 2.17. The number of carbonyl (C=O) groups excluding carboxylic acids is 1. The van der Waals surface area contributed by atoms with Crippen molar-refractivity contribution in [3.8, 4) is 0 Å². The maximum absolute atomic E-state index is 12.3. The van der Waals surface area contributed by atoms with Gasteiger partial charge in [-0.2, -0.15) is 0 Å². The number of carboxylic acid groups (broad SMARTS) is 1. The summed E-state index contributed by atoms with van der Waals surface area (Å²) < 4.78 is 0. The molecule has 0 aromatic rings. The number of hydrogen-bond acceptors (Lipinski definition) is 3. The molecule has 6 heteroatoms. The molecule has 2 rings (SSSR count). The van der Waals surface area contributed by atoms with Crippen LogP contribution in [0.3, 0.4) is 0 Å². The number of hydrogen-bond donors (Lipinski definition) is 3. The zero-order valence-corrected chi connectivity index (χ0v) is 11.2. The summed E-state index contributed by atoms with van der Waals surface area (Å²) in [6.07, 6.45) is 5.17. The van der Waals surface area contributed by atoms with Crippen LogP contribution in [0, 0.1) is 0 Å². The van der Waals surface area contributed by atoms with Crippen LogP contribution in [0.5, 0.6) is 0 Å².